The minimum Gasteiger partial charge on any atom is -0.330 e. The van der Waals surface area contributed by atoms with Gasteiger partial charge in [-0.25, -0.2) is 8.78 Å². The number of H-pyrrole nitrogens is 1. The van der Waals surface area contributed by atoms with Gasteiger partial charge < -0.3 is 9.55 Å². The smallest absolute Gasteiger partial charge is 0.184 e. The average Bonchev–Trinajstić information content (AvgIpc) is 2.79. The molecule has 0 aliphatic heterocycles. The molecule has 1 atom stereocenters. The molecule has 0 radical (unpaired) electrons. The fourth-order valence-corrected chi connectivity index (χ4v) is 3.00. The highest BCUT2D eigenvalue weighted by Gasteiger charge is 2.18. The number of halogens is 3. The third-order valence-corrected chi connectivity index (χ3v) is 4.02. The molecule has 0 aliphatic carbocycles. The van der Waals surface area contributed by atoms with E-state index in [-0.39, 0.29) is 11.6 Å². The molecule has 1 aromatic heterocycles. The van der Waals surface area contributed by atoms with E-state index >= 15 is 0 Å². The lowest BCUT2D eigenvalue weighted by molar-refractivity contribution is 0.508. The molecule has 3 aromatic rings. The Bertz CT molecular complexity index is 885. The molecule has 0 saturated heterocycles. The summed E-state index contributed by atoms with van der Waals surface area (Å²) in [4.78, 5) is 2.90. The molecule has 1 unspecified atom stereocenters. The first-order chi connectivity index (χ1) is 9.99. The van der Waals surface area contributed by atoms with Gasteiger partial charge in [-0.2, -0.15) is 0 Å². The van der Waals surface area contributed by atoms with Crippen LogP contribution in [0.2, 0.25) is 5.02 Å². The Kier molecular flexibility index (Phi) is 3.55. The highest BCUT2D eigenvalue weighted by atomic mass is 35.5. The van der Waals surface area contributed by atoms with Gasteiger partial charge in [0.2, 0.25) is 0 Å². The van der Waals surface area contributed by atoms with E-state index < -0.39 is 11.6 Å². The maximum atomic E-state index is 14.1. The fourth-order valence-electron chi connectivity index (χ4n) is 2.44. The van der Waals surface area contributed by atoms with Gasteiger partial charge in [-0.1, -0.05) is 23.7 Å². The quantitative estimate of drug-likeness (QED) is 0.639. The van der Waals surface area contributed by atoms with Gasteiger partial charge in [-0.05, 0) is 49.0 Å². The number of aromatic amines is 1. The van der Waals surface area contributed by atoms with Crippen LogP contribution in [-0.2, 0) is 0 Å². The van der Waals surface area contributed by atoms with Gasteiger partial charge in [0.25, 0.3) is 0 Å². The normalized spacial score (nSPS) is 12.8. The minimum absolute atomic E-state index is 0.132. The van der Waals surface area contributed by atoms with Crippen LogP contribution < -0.4 is 0 Å². The van der Waals surface area contributed by atoms with Crippen molar-refractivity contribution in [3.63, 3.8) is 0 Å². The lowest BCUT2D eigenvalue weighted by atomic mass is 10.1. The van der Waals surface area contributed by atoms with Crippen molar-refractivity contribution in [2.24, 2.45) is 0 Å². The maximum Gasteiger partial charge on any atom is 0.184 e. The highest BCUT2D eigenvalue weighted by molar-refractivity contribution is 7.71. The molecule has 21 heavy (non-hydrogen) atoms. The van der Waals surface area contributed by atoms with Crippen molar-refractivity contribution in [3.8, 4) is 0 Å². The topological polar surface area (TPSA) is 20.7 Å². The van der Waals surface area contributed by atoms with Crippen molar-refractivity contribution in [3.05, 3.63) is 63.4 Å². The van der Waals surface area contributed by atoms with Crippen LogP contribution in [0.15, 0.2) is 36.4 Å². The zero-order chi connectivity index (χ0) is 15.1. The summed E-state index contributed by atoms with van der Waals surface area (Å²) in [5.74, 6) is -1.81. The monoisotopic (exact) mass is 324 g/mol. The summed E-state index contributed by atoms with van der Waals surface area (Å²) in [6.45, 7) is 1.86. The second kappa shape index (κ2) is 5.24. The zero-order valence-corrected chi connectivity index (χ0v) is 12.6. The van der Waals surface area contributed by atoms with Gasteiger partial charge >= 0.3 is 0 Å². The van der Waals surface area contributed by atoms with Crippen LogP contribution in [0.3, 0.4) is 0 Å². The molecule has 0 fully saturated rings. The van der Waals surface area contributed by atoms with E-state index in [4.69, 9.17) is 23.8 Å². The van der Waals surface area contributed by atoms with E-state index in [0.29, 0.717) is 15.3 Å². The van der Waals surface area contributed by atoms with E-state index in [1.54, 1.807) is 16.7 Å². The lowest BCUT2D eigenvalue weighted by Crippen LogP contribution is -2.08. The summed E-state index contributed by atoms with van der Waals surface area (Å²) in [7, 11) is 0. The van der Waals surface area contributed by atoms with Crippen LogP contribution >= 0.6 is 23.8 Å². The number of hydrogen-bond donors (Lipinski definition) is 1. The molecule has 108 valence electrons. The summed E-state index contributed by atoms with van der Waals surface area (Å²) in [5, 5.41) is 0.581. The van der Waals surface area contributed by atoms with Crippen molar-refractivity contribution >= 4 is 34.9 Å². The molecule has 1 N–H and O–H groups in total. The minimum atomic E-state index is -0.909. The first-order valence-electron chi connectivity index (χ1n) is 6.32. The Morgan fingerprint density at radius 1 is 1.24 bits per heavy atom. The second-order valence-electron chi connectivity index (χ2n) is 4.79. The van der Waals surface area contributed by atoms with Crippen molar-refractivity contribution in [1.82, 2.24) is 9.55 Å². The summed E-state index contributed by atoms with van der Waals surface area (Å²) in [5.41, 5.74) is 1.46. The van der Waals surface area contributed by atoms with Crippen LogP contribution in [-0.4, -0.2) is 9.55 Å². The Labute approximate surface area is 130 Å². The van der Waals surface area contributed by atoms with Crippen LogP contribution in [0, 0.1) is 16.4 Å². The summed E-state index contributed by atoms with van der Waals surface area (Å²) in [6.07, 6.45) is 0. The van der Waals surface area contributed by atoms with Crippen molar-refractivity contribution < 1.29 is 8.78 Å². The van der Waals surface area contributed by atoms with Gasteiger partial charge in [-0.15, -0.1) is 0 Å². The first-order valence-corrected chi connectivity index (χ1v) is 7.11. The van der Waals surface area contributed by atoms with Gasteiger partial charge in [0.15, 0.2) is 16.4 Å². The summed E-state index contributed by atoms with van der Waals surface area (Å²) >= 11 is 11.2. The summed E-state index contributed by atoms with van der Waals surface area (Å²) in [6, 6.07) is 9.50. The number of nitrogens with zero attached hydrogens (tertiary/aromatic N) is 1. The lowest BCUT2D eigenvalue weighted by Gasteiger charge is -2.15. The number of hydrogen-bond acceptors (Lipinski definition) is 1. The molecule has 2 aromatic carbocycles. The van der Waals surface area contributed by atoms with Crippen molar-refractivity contribution in [1.29, 1.82) is 0 Å². The molecule has 0 amide bonds. The average molecular weight is 325 g/mol. The molecule has 2 nitrogen and oxygen atoms in total. The van der Waals surface area contributed by atoms with Gasteiger partial charge in [0.05, 0.1) is 11.6 Å². The Hall–Kier alpha value is -1.72. The Morgan fingerprint density at radius 3 is 2.71 bits per heavy atom. The Balaban J connectivity index is 2.27. The van der Waals surface area contributed by atoms with E-state index in [9.17, 15) is 8.78 Å². The van der Waals surface area contributed by atoms with E-state index in [1.807, 2.05) is 19.1 Å². The largest absolute Gasteiger partial charge is 0.330 e. The molecule has 0 saturated carbocycles. The molecule has 0 spiro atoms. The number of aromatic nitrogens is 2. The number of fused-ring (bicyclic) bond motifs is 1. The Morgan fingerprint density at radius 2 is 2.00 bits per heavy atom. The standard InChI is InChI=1S/C15H11ClF2N2S/c1-8(9-3-2-4-10(16)7-9)20-14-12(19-15(20)21)6-5-11(17)13(14)18/h2-8H,1H3,(H,19,21). The first kappa shape index (κ1) is 14.2. The third kappa shape index (κ3) is 2.36. The zero-order valence-electron chi connectivity index (χ0n) is 11.0. The van der Waals surface area contributed by atoms with E-state index in [1.165, 1.54) is 6.07 Å². The van der Waals surface area contributed by atoms with Crippen LogP contribution in [0.4, 0.5) is 8.78 Å². The van der Waals surface area contributed by atoms with Gasteiger partial charge in [0.1, 0.15) is 5.52 Å². The van der Waals surface area contributed by atoms with E-state index in [0.717, 1.165) is 11.6 Å². The molecular formula is C15H11ClF2N2S. The maximum absolute atomic E-state index is 14.1. The predicted molar refractivity (Wildman–Crippen MR) is 82.3 cm³/mol. The molecule has 0 bridgehead atoms. The van der Waals surface area contributed by atoms with Crippen molar-refractivity contribution in [2.75, 3.05) is 0 Å². The summed E-state index contributed by atoms with van der Waals surface area (Å²) < 4.78 is 29.5. The van der Waals surface area contributed by atoms with Gasteiger partial charge in [0, 0.05) is 5.02 Å². The molecule has 3 rings (SSSR count). The molecule has 1 heterocycles. The molecule has 6 heteroatoms. The third-order valence-electron chi connectivity index (χ3n) is 3.49. The molecule has 0 aliphatic rings. The number of nitrogens with one attached hydrogen (secondary N) is 1. The van der Waals surface area contributed by atoms with Gasteiger partial charge in [-0.3, -0.25) is 0 Å². The number of imidazole rings is 1. The van der Waals surface area contributed by atoms with E-state index in [2.05, 4.69) is 4.98 Å². The highest BCUT2D eigenvalue weighted by Crippen LogP contribution is 2.28. The van der Waals surface area contributed by atoms with Crippen LogP contribution in [0.1, 0.15) is 18.5 Å². The number of benzene rings is 2. The predicted octanol–water partition coefficient (Wildman–Crippen LogP) is 5.24. The van der Waals surface area contributed by atoms with Crippen LogP contribution in [0.25, 0.3) is 11.0 Å². The fraction of sp³-hybridized carbons (Fsp3) is 0.133. The molecular weight excluding hydrogens is 314 g/mol. The number of rotatable bonds is 2. The van der Waals surface area contributed by atoms with Crippen LogP contribution in [0.5, 0.6) is 0 Å². The van der Waals surface area contributed by atoms with Crippen molar-refractivity contribution in [2.45, 2.75) is 13.0 Å². The SMILES string of the molecule is CC(c1cccc(Cl)c1)n1c(=S)[nH]c2ccc(F)c(F)c21. The second-order valence-corrected chi connectivity index (χ2v) is 5.61.